The van der Waals surface area contributed by atoms with Gasteiger partial charge in [0.15, 0.2) is 0 Å². The van der Waals surface area contributed by atoms with E-state index in [1.54, 1.807) is 0 Å². The smallest absolute Gasteiger partial charge is 0.0522 e. The van der Waals surface area contributed by atoms with Crippen LogP contribution in [-0.2, 0) is 0 Å². The molecule has 1 N–H and O–H groups in total. The van der Waals surface area contributed by atoms with Crippen molar-refractivity contribution in [2.45, 2.75) is 36.9 Å². The lowest BCUT2D eigenvalue weighted by molar-refractivity contribution is 0.454. The molecule has 1 aliphatic carbocycles. The predicted octanol–water partition coefficient (Wildman–Crippen LogP) is 2.80. The Balaban J connectivity index is 2.00. The molecule has 1 aromatic heterocycles. The lowest BCUT2D eigenvalue weighted by Gasteiger charge is -2.27. The molecule has 0 amide bonds. The molecule has 0 spiro atoms. The molecular weight excluding hydrogens is 180 g/mol. The van der Waals surface area contributed by atoms with Crippen molar-refractivity contribution in [2.75, 3.05) is 6.26 Å². The summed E-state index contributed by atoms with van der Waals surface area (Å²) in [5, 5.41) is 7.79. The number of aromatic amines is 1. The molecule has 1 saturated carbocycles. The monoisotopic (exact) mass is 196 g/mol. The fourth-order valence-corrected chi connectivity index (χ4v) is 2.97. The lowest BCUT2D eigenvalue weighted by atomic mass is 9.85. The molecule has 0 saturated heterocycles. The van der Waals surface area contributed by atoms with Crippen LogP contribution in [0.5, 0.6) is 0 Å². The first-order valence-electron chi connectivity index (χ1n) is 4.91. The van der Waals surface area contributed by atoms with Gasteiger partial charge in [-0.2, -0.15) is 16.9 Å². The standard InChI is InChI=1S/C10H16N2S/c1-13-10-4-2-3-8(5-10)9-6-11-12-7-9/h6-8,10H,2-5H2,1H3,(H,11,12). The highest BCUT2D eigenvalue weighted by atomic mass is 32.2. The maximum absolute atomic E-state index is 4.02. The fourth-order valence-electron chi connectivity index (χ4n) is 2.15. The minimum absolute atomic E-state index is 0.755. The second-order valence-corrected chi connectivity index (χ2v) is 4.89. The molecule has 1 fully saturated rings. The minimum Gasteiger partial charge on any atom is -0.285 e. The van der Waals surface area contributed by atoms with Crippen LogP contribution in [-0.4, -0.2) is 21.7 Å². The van der Waals surface area contributed by atoms with Gasteiger partial charge in [-0.1, -0.05) is 6.42 Å². The summed E-state index contributed by atoms with van der Waals surface area (Å²) in [7, 11) is 0. The Morgan fingerprint density at radius 2 is 2.46 bits per heavy atom. The average molecular weight is 196 g/mol. The minimum atomic E-state index is 0.755. The highest BCUT2D eigenvalue weighted by molar-refractivity contribution is 7.99. The van der Waals surface area contributed by atoms with Gasteiger partial charge in [-0.25, -0.2) is 0 Å². The normalized spacial score (nSPS) is 29.0. The first-order chi connectivity index (χ1) is 6.40. The molecular formula is C10H16N2S. The van der Waals surface area contributed by atoms with Crippen molar-refractivity contribution in [3.63, 3.8) is 0 Å². The van der Waals surface area contributed by atoms with Gasteiger partial charge in [0.2, 0.25) is 0 Å². The zero-order valence-corrected chi connectivity index (χ0v) is 8.81. The van der Waals surface area contributed by atoms with Crippen molar-refractivity contribution in [2.24, 2.45) is 0 Å². The van der Waals surface area contributed by atoms with E-state index >= 15 is 0 Å². The van der Waals surface area contributed by atoms with E-state index in [2.05, 4.69) is 16.5 Å². The van der Waals surface area contributed by atoms with E-state index in [0.29, 0.717) is 0 Å². The number of aromatic nitrogens is 2. The zero-order chi connectivity index (χ0) is 9.10. The Bertz CT molecular complexity index is 245. The van der Waals surface area contributed by atoms with Crippen LogP contribution in [0.4, 0.5) is 0 Å². The molecule has 13 heavy (non-hydrogen) atoms. The summed E-state index contributed by atoms with van der Waals surface area (Å²) >= 11 is 2.02. The Hall–Kier alpha value is -0.440. The van der Waals surface area contributed by atoms with Gasteiger partial charge in [-0.05, 0) is 37.0 Å². The molecule has 2 atom stereocenters. The van der Waals surface area contributed by atoms with Gasteiger partial charge in [0, 0.05) is 11.4 Å². The maximum Gasteiger partial charge on any atom is 0.0522 e. The van der Waals surface area contributed by atoms with Crippen LogP contribution < -0.4 is 0 Å². The quantitative estimate of drug-likeness (QED) is 0.788. The number of nitrogens with one attached hydrogen (secondary N) is 1. The van der Waals surface area contributed by atoms with E-state index in [-0.39, 0.29) is 0 Å². The molecule has 1 heterocycles. The third-order valence-corrected chi connectivity index (χ3v) is 4.05. The van der Waals surface area contributed by atoms with Gasteiger partial charge in [-0.15, -0.1) is 0 Å². The predicted molar refractivity (Wildman–Crippen MR) is 57.1 cm³/mol. The van der Waals surface area contributed by atoms with Gasteiger partial charge >= 0.3 is 0 Å². The first-order valence-corrected chi connectivity index (χ1v) is 6.20. The van der Waals surface area contributed by atoms with E-state index in [4.69, 9.17) is 0 Å². The van der Waals surface area contributed by atoms with Gasteiger partial charge in [0.1, 0.15) is 0 Å². The van der Waals surface area contributed by atoms with Gasteiger partial charge in [-0.3, -0.25) is 5.10 Å². The molecule has 2 nitrogen and oxygen atoms in total. The second-order valence-electron chi connectivity index (χ2n) is 3.75. The van der Waals surface area contributed by atoms with E-state index < -0.39 is 0 Å². The van der Waals surface area contributed by atoms with Gasteiger partial charge in [0.25, 0.3) is 0 Å². The van der Waals surface area contributed by atoms with Crippen LogP contribution in [0.3, 0.4) is 0 Å². The van der Waals surface area contributed by atoms with Crippen LogP contribution in [0, 0.1) is 0 Å². The molecule has 3 heteroatoms. The third kappa shape index (κ3) is 2.08. The Morgan fingerprint density at radius 1 is 1.54 bits per heavy atom. The fraction of sp³-hybridized carbons (Fsp3) is 0.700. The van der Waals surface area contributed by atoms with Gasteiger partial charge < -0.3 is 0 Å². The molecule has 1 aliphatic rings. The molecule has 1 aromatic rings. The number of thioether (sulfide) groups is 1. The highest BCUT2D eigenvalue weighted by Crippen LogP contribution is 2.36. The largest absolute Gasteiger partial charge is 0.285 e. The molecule has 2 unspecified atom stereocenters. The SMILES string of the molecule is CSC1CCCC(c2cn[nH]c2)C1. The summed E-state index contributed by atoms with van der Waals surface area (Å²) < 4.78 is 0. The number of rotatable bonds is 2. The molecule has 0 radical (unpaired) electrons. The van der Waals surface area contributed by atoms with Crippen LogP contribution in [0.2, 0.25) is 0 Å². The molecule has 2 rings (SSSR count). The van der Waals surface area contributed by atoms with Crippen molar-refractivity contribution < 1.29 is 0 Å². The topological polar surface area (TPSA) is 28.7 Å². The second kappa shape index (κ2) is 4.18. The van der Waals surface area contributed by atoms with Crippen molar-refractivity contribution in [1.29, 1.82) is 0 Å². The number of H-pyrrole nitrogens is 1. The number of hydrogen-bond acceptors (Lipinski definition) is 2. The highest BCUT2D eigenvalue weighted by Gasteiger charge is 2.22. The van der Waals surface area contributed by atoms with E-state index in [9.17, 15) is 0 Å². The average Bonchev–Trinajstić information content (AvgIpc) is 2.71. The Kier molecular flexibility index (Phi) is 2.94. The van der Waals surface area contributed by atoms with Gasteiger partial charge in [0.05, 0.1) is 6.20 Å². The number of hydrogen-bond donors (Lipinski definition) is 1. The van der Waals surface area contributed by atoms with Crippen LogP contribution in [0.1, 0.15) is 37.2 Å². The summed E-state index contributed by atoms with van der Waals surface area (Å²) in [6, 6.07) is 0. The van der Waals surface area contributed by atoms with E-state index in [0.717, 1.165) is 11.2 Å². The van der Waals surface area contributed by atoms with Crippen molar-refractivity contribution in [1.82, 2.24) is 10.2 Å². The Labute approximate surface area is 83.5 Å². The van der Waals surface area contributed by atoms with Crippen molar-refractivity contribution in [3.05, 3.63) is 18.0 Å². The molecule has 0 bridgehead atoms. The maximum atomic E-state index is 4.02. The molecule has 72 valence electrons. The Morgan fingerprint density at radius 3 is 3.15 bits per heavy atom. The third-order valence-electron chi connectivity index (χ3n) is 2.95. The van der Waals surface area contributed by atoms with E-state index in [1.165, 1.54) is 31.2 Å². The summed E-state index contributed by atoms with van der Waals surface area (Å²) in [6.45, 7) is 0. The van der Waals surface area contributed by atoms with Crippen molar-refractivity contribution in [3.8, 4) is 0 Å². The summed E-state index contributed by atoms with van der Waals surface area (Å²) in [4.78, 5) is 0. The molecule has 0 aromatic carbocycles. The van der Waals surface area contributed by atoms with E-state index in [1.807, 2.05) is 24.2 Å². The van der Waals surface area contributed by atoms with Crippen LogP contribution >= 0.6 is 11.8 Å². The van der Waals surface area contributed by atoms with Crippen molar-refractivity contribution >= 4 is 11.8 Å². The number of nitrogens with zero attached hydrogens (tertiary/aromatic N) is 1. The summed E-state index contributed by atoms with van der Waals surface area (Å²) in [5.41, 5.74) is 1.40. The van der Waals surface area contributed by atoms with Crippen LogP contribution in [0.15, 0.2) is 12.4 Å². The summed E-state index contributed by atoms with van der Waals surface area (Å²) in [6.07, 6.45) is 11.7. The first kappa shape index (κ1) is 9.13. The zero-order valence-electron chi connectivity index (χ0n) is 7.99. The molecule has 0 aliphatic heterocycles. The lowest BCUT2D eigenvalue weighted by Crippen LogP contribution is -2.15. The van der Waals surface area contributed by atoms with Crippen LogP contribution in [0.25, 0.3) is 0 Å². The summed E-state index contributed by atoms with van der Waals surface area (Å²) in [5.74, 6) is 0.755.